The zero-order valence-electron chi connectivity index (χ0n) is 16.4. The third-order valence-electron chi connectivity index (χ3n) is 4.53. The van der Waals surface area contributed by atoms with Gasteiger partial charge in [-0.05, 0) is 42.2 Å². The van der Waals surface area contributed by atoms with E-state index in [0.717, 1.165) is 22.2 Å². The summed E-state index contributed by atoms with van der Waals surface area (Å²) in [7, 11) is 0. The minimum Gasteiger partial charge on any atom is -0.456 e. The molecule has 1 heterocycles. The van der Waals surface area contributed by atoms with Crippen molar-refractivity contribution in [2.24, 2.45) is 0 Å². The minimum atomic E-state index is -0.768. The monoisotopic (exact) mass is 394 g/mol. The van der Waals surface area contributed by atoms with Gasteiger partial charge in [0.2, 0.25) is 11.7 Å². The van der Waals surface area contributed by atoms with Crippen LogP contribution in [0, 0.1) is 0 Å². The SMILES string of the molecule is CCc1ccc(CC)c(C(=O)COC(=O)Cn2nc(-c3ccccc3)oc2=O)c1. The van der Waals surface area contributed by atoms with E-state index in [-0.39, 0.29) is 11.7 Å². The molecule has 0 aliphatic carbocycles. The number of carbonyl (C=O) groups excluding carboxylic acids is 2. The molecular formula is C22H22N2O5. The van der Waals surface area contributed by atoms with Gasteiger partial charge in [-0.25, -0.2) is 4.79 Å². The van der Waals surface area contributed by atoms with Crippen molar-refractivity contribution in [1.29, 1.82) is 0 Å². The Labute approximate surface area is 167 Å². The average Bonchev–Trinajstić information content (AvgIpc) is 3.12. The summed E-state index contributed by atoms with van der Waals surface area (Å²) in [5, 5.41) is 4.01. The van der Waals surface area contributed by atoms with E-state index in [1.165, 1.54) is 0 Å². The van der Waals surface area contributed by atoms with Gasteiger partial charge in [0, 0.05) is 11.1 Å². The second-order valence-electron chi connectivity index (χ2n) is 6.48. The fourth-order valence-corrected chi connectivity index (χ4v) is 2.91. The van der Waals surface area contributed by atoms with Crippen molar-refractivity contribution in [2.75, 3.05) is 6.61 Å². The smallest absolute Gasteiger partial charge is 0.437 e. The van der Waals surface area contributed by atoms with Crippen LogP contribution in [0.15, 0.2) is 57.7 Å². The summed E-state index contributed by atoms with van der Waals surface area (Å²) in [6, 6.07) is 14.6. The molecule has 29 heavy (non-hydrogen) atoms. The highest BCUT2D eigenvalue weighted by Crippen LogP contribution is 2.15. The van der Waals surface area contributed by atoms with Gasteiger partial charge in [-0.15, -0.1) is 5.10 Å². The number of carbonyl (C=O) groups is 2. The number of ether oxygens (including phenoxy) is 1. The molecule has 1 aromatic heterocycles. The summed E-state index contributed by atoms with van der Waals surface area (Å²) < 4.78 is 11.0. The van der Waals surface area contributed by atoms with Crippen molar-refractivity contribution in [2.45, 2.75) is 33.2 Å². The Balaban J connectivity index is 1.64. The highest BCUT2D eigenvalue weighted by Gasteiger charge is 2.17. The highest BCUT2D eigenvalue weighted by molar-refractivity contribution is 5.99. The molecule has 0 unspecified atom stereocenters. The fourth-order valence-electron chi connectivity index (χ4n) is 2.91. The van der Waals surface area contributed by atoms with Gasteiger partial charge in [-0.3, -0.25) is 9.59 Å². The molecule has 3 rings (SSSR count). The quantitative estimate of drug-likeness (QED) is 0.431. The summed E-state index contributed by atoms with van der Waals surface area (Å²) >= 11 is 0. The lowest BCUT2D eigenvalue weighted by Crippen LogP contribution is -2.25. The maximum Gasteiger partial charge on any atom is 0.437 e. The Morgan fingerprint density at radius 1 is 1.07 bits per heavy atom. The number of aromatic nitrogens is 2. The zero-order valence-corrected chi connectivity index (χ0v) is 16.4. The Hall–Kier alpha value is -3.48. The van der Waals surface area contributed by atoms with Gasteiger partial charge < -0.3 is 9.15 Å². The summed E-state index contributed by atoms with van der Waals surface area (Å²) in [6.07, 6.45) is 1.51. The predicted molar refractivity (Wildman–Crippen MR) is 107 cm³/mol. The van der Waals surface area contributed by atoms with Crippen LogP contribution in [-0.4, -0.2) is 28.1 Å². The van der Waals surface area contributed by atoms with Crippen molar-refractivity contribution in [1.82, 2.24) is 9.78 Å². The van der Waals surface area contributed by atoms with Gasteiger partial charge in [0.25, 0.3) is 0 Å². The summed E-state index contributed by atoms with van der Waals surface area (Å²) in [5.74, 6) is -1.67. The van der Waals surface area contributed by atoms with Gasteiger partial charge in [0.1, 0.15) is 6.54 Å². The number of hydrogen-bond acceptors (Lipinski definition) is 6. The first-order chi connectivity index (χ1) is 14.0. The van der Waals surface area contributed by atoms with Gasteiger partial charge in [-0.1, -0.05) is 44.2 Å². The van der Waals surface area contributed by atoms with Gasteiger partial charge in [-0.2, -0.15) is 4.68 Å². The molecule has 0 fully saturated rings. The van der Waals surface area contributed by atoms with Crippen LogP contribution in [0.1, 0.15) is 35.3 Å². The molecule has 0 saturated heterocycles. The Bertz CT molecular complexity index is 1070. The first-order valence-corrected chi connectivity index (χ1v) is 9.45. The summed E-state index contributed by atoms with van der Waals surface area (Å²) in [4.78, 5) is 36.6. The van der Waals surface area contributed by atoms with E-state index in [4.69, 9.17) is 9.15 Å². The Morgan fingerprint density at radius 2 is 1.83 bits per heavy atom. The van der Waals surface area contributed by atoms with E-state index in [1.807, 2.05) is 38.1 Å². The van der Waals surface area contributed by atoms with Crippen molar-refractivity contribution in [3.8, 4) is 11.5 Å². The standard InChI is InChI=1S/C22H22N2O5/c1-3-15-10-11-16(4-2)18(12-15)19(25)14-28-20(26)13-24-22(27)29-21(23-24)17-8-6-5-7-9-17/h5-12H,3-4,13-14H2,1-2H3. The molecule has 0 bridgehead atoms. The van der Waals surface area contributed by atoms with Crippen molar-refractivity contribution < 1.29 is 18.7 Å². The third-order valence-corrected chi connectivity index (χ3v) is 4.53. The van der Waals surface area contributed by atoms with Gasteiger partial charge >= 0.3 is 11.7 Å². The zero-order chi connectivity index (χ0) is 20.8. The second kappa shape index (κ2) is 9.14. The van der Waals surface area contributed by atoms with Crippen molar-refractivity contribution in [3.05, 3.63) is 75.8 Å². The van der Waals surface area contributed by atoms with Gasteiger partial charge in [0.15, 0.2) is 6.61 Å². The van der Waals surface area contributed by atoms with Crippen LogP contribution in [0.4, 0.5) is 0 Å². The number of esters is 1. The van der Waals surface area contributed by atoms with E-state index < -0.39 is 24.9 Å². The molecule has 7 nitrogen and oxygen atoms in total. The number of benzene rings is 2. The largest absolute Gasteiger partial charge is 0.456 e. The van der Waals surface area contributed by atoms with Crippen LogP contribution in [0.2, 0.25) is 0 Å². The molecule has 0 N–H and O–H groups in total. The molecule has 150 valence electrons. The number of ketones is 1. The number of nitrogens with zero attached hydrogens (tertiary/aromatic N) is 2. The average molecular weight is 394 g/mol. The van der Waals surface area contributed by atoms with Crippen LogP contribution < -0.4 is 5.76 Å². The first-order valence-electron chi connectivity index (χ1n) is 9.45. The van der Waals surface area contributed by atoms with Crippen molar-refractivity contribution in [3.63, 3.8) is 0 Å². The normalized spacial score (nSPS) is 10.7. The molecule has 0 radical (unpaired) electrons. The van der Waals surface area contributed by atoms with Crippen LogP contribution >= 0.6 is 0 Å². The molecule has 0 spiro atoms. The third kappa shape index (κ3) is 4.87. The van der Waals surface area contributed by atoms with Crippen LogP contribution in [0.5, 0.6) is 0 Å². The second-order valence-corrected chi connectivity index (χ2v) is 6.48. The Morgan fingerprint density at radius 3 is 2.52 bits per heavy atom. The maximum atomic E-state index is 12.5. The molecule has 7 heteroatoms. The van der Waals surface area contributed by atoms with E-state index >= 15 is 0 Å². The van der Waals surface area contributed by atoms with Crippen LogP contribution in [-0.2, 0) is 28.9 Å². The van der Waals surface area contributed by atoms with Crippen LogP contribution in [0.25, 0.3) is 11.5 Å². The van der Waals surface area contributed by atoms with Gasteiger partial charge in [0.05, 0.1) is 0 Å². The molecule has 2 aromatic carbocycles. The van der Waals surface area contributed by atoms with Crippen molar-refractivity contribution >= 4 is 11.8 Å². The molecule has 0 aliphatic heterocycles. The maximum absolute atomic E-state index is 12.5. The van der Waals surface area contributed by atoms with E-state index in [1.54, 1.807) is 24.3 Å². The number of aryl methyl sites for hydroxylation is 2. The topological polar surface area (TPSA) is 91.4 Å². The van der Waals surface area contributed by atoms with E-state index in [2.05, 4.69) is 5.10 Å². The lowest BCUT2D eigenvalue weighted by atomic mass is 9.98. The molecular weight excluding hydrogens is 372 g/mol. The lowest BCUT2D eigenvalue weighted by Gasteiger charge is -2.09. The number of Topliss-reactive ketones (excluding diaryl/α,β-unsaturated/α-hetero) is 1. The highest BCUT2D eigenvalue weighted by atomic mass is 16.5. The summed E-state index contributed by atoms with van der Waals surface area (Å²) in [5.41, 5.74) is 3.13. The van der Waals surface area contributed by atoms with E-state index in [9.17, 15) is 14.4 Å². The molecule has 3 aromatic rings. The molecule has 0 amide bonds. The fraction of sp³-hybridized carbons (Fsp3) is 0.273. The molecule has 0 saturated carbocycles. The van der Waals surface area contributed by atoms with Crippen LogP contribution in [0.3, 0.4) is 0 Å². The molecule has 0 aliphatic rings. The minimum absolute atomic E-state index is 0.114. The summed E-state index contributed by atoms with van der Waals surface area (Å²) in [6.45, 7) is 3.15. The Kier molecular flexibility index (Phi) is 6.39. The number of hydrogen-bond donors (Lipinski definition) is 0. The number of rotatable bonds is 8. The first kappa shape index (κ1) is 20.3. The van der Waals surface area contributed by atoms with E-state index in [0.29, 0.717) is 17.5 Å². The lowest BCUT2D eigenvalue weighted by molar-refractivity contribution is -0.143. The molecule has 0 atom stereocenters. The predicted octanol–water partition coefficient (Wildman–Crippen LogP) is 3.05.